The summed E-state index contributed by atoms with van der Waals surface area (Å²) in [4.78, 5) is 15.5. The number of aromatic amines is 1. The van der Waals surface area contributed by atoms with E-state index in [1.165, 1.54) is 24.5 Å². The second-order valence-corrected chi connectivity index (χ2v) is 8.31. The third kappa shape index (κ3) is 4.51. The highest BCUT2D eigenvalue weighted by molar-refractivity contribution is 7.89. The van der Waals surface area contributed by atoms with Gasteiger partial charge in [0.05, 0.1) is 23.4 Å². The Morgan fingerprint density at radius 2 is 1.87 bits per heavy atom. The minimum atomic E-state index is -3.66. The van der Waals surface area contributed by atoms with Crippen molar-refractivity contribution < 1.29 is 17.6 Å². The number of benzene rings is 2. The van der Waals surface area contributed by atoms with Crippen molar-refractivity contribution in [3.63, 3.8) is 0 Å². The van der Waals surface area contributed by atoms with Crippen molar-refractivity contribution in [2.75, 3.05) is 5.32 Å². The lowest BCUT2D eigenvalue weighted by Gasteiger charge is -2.06. The molecule has 0 aliphatic rings. The molecule has 0 unspecified atom stereocenters. The molecule has 0 radical (unpaired) electrons. The third-order valence-corrected chi connectivity index (χ3v) is 5.90. The molecular formula is C22H19N3O4S. The van der Waals surface area contributed by atoms with Crippen molar-refractivity contribution in [2.24, 2.45) is 0 Å². The zero-order chi connectivity index (χ0) is 21.0. The number of carbonyl (C=O) groups is 1. The Labute approximate surface area is 173 Å². The number of rotatable bonds is 7. The summed E-state index contributed by atoms with van der Waals surface area (Å²) in [7, 11) is -3.66. The molecule has 0 fully saturated rings. The first kappa shape index (κ1) is 19.7. The van der Waals surface area contributed by atoms with Crippen molar-refractivity contribution in [1.29, 1.82) is 0 Å². The predicted octanol–water partition coefficient (Wildman–Crippen LogP) is 3.89. The molecule has 0 atom stereocenters. The normalized spacial score (nSPS) is 11.9. The number of anilines is 1. The van der Waals surface area contributed by atoms with E-state index in [4.69, 9.17) is 4.42 Å². The van der Waals surface area contributed by atoms with Crippen LogP contribution in [0, 0.1) is 0 Å². The summed E-state index contributed by atoms with van der Waals surface area (Å²) in [5.41, 5.74) is 2.36. The van der Waals surface area contributed by atoms with Gasteiger partial charge in [0.15, 0.2) is 0 Å². The fourth-order valence-electron chi connectivity index (χ4n) is 2.96. The van der Waals surface area contributed by atoms with E-state index in [0.29, 0.717) is 17.0 Å². The summed E-state index contributed by atoms with van der Waals surface area (Å²) in [6, 6.07) is 17.2. The lowest BCUT2D eigenvalue weighted by molar-refractivity contribution is -0.111. The monoisotopic (exact) mass is 421 g/mol. The largest absolute Gasteiger partial charge is 0.468 e. The molecular weight excluding hydrogens is 402 g/mol. The number of aromatic nitrogens is 1. The number of furan rings is 1. The molecule has 30 heavy (non-hydrogen) atoms. The number of hydrogen-bond donors (Lipinski definition) is 3. The Morgan fingerprint density at radius 1 is 1.03 bits per heavy atom. The van der Waals surface area contributed by atoms with Gasteiger partial charge in [0, 0.05) is 23.2 Å². The molecule has 2 aromatic carbocycles. The molecule has 0 bridgehead atoms. The summed E-state index contributed by atoms with van der Waals surface area (Å²) in [5.74, 6) is 0.250. The maximum atomic E-state index is 12.4. The van der Waals surface area contributed by atoms with E-state index < -0.39 is 10.0 Å². The number of amides is 1. The average molecular weight is 421 g/mol. The highest BCUT2D eigenvalue weighted by atomic mass is 32.2. The molecule has 2 heterocycles. The van der Waals surface area contributed by atoms with Gasteiger partial charge in [-0.3, -0.25) is 4.79 Å². The number of carbonyl (C=O) groups excluding carboxylic acids is 1. The highest BCUT2D eigenvalue weighted by Crippen LogP contribution is 2.22. The lowest BCUT2D eigenvalue weighted by Crippen LogP contribution is -2.22. The van der Waals surface area contributed by atoms with Crippen LogP contribution in [0.3, 0.4) is 0 Å². The van der Waals surface area contributed by atoms with Crippen LogP contribution in [0.25, 0.3) is 17.0 Å². The van der Waals surface area contributed by atoms with E-state index in [1.54, 1.807) is 30.3 Å². The van der Waals surface area contributed by atoms with Gasteiger partial charge in [-0.05, 0) is 54.1 Å². The SMILES string of the molecule is O=C(/C=C/c1ccc(S(=O)(=O)NCc2ccco2)cc1)Nc1cccc2[nH]ccc12. The summed E-state index contributed by atoms with van der Waals surface area (Å²) in [5, 5.41) is 3.77. The summed E-state index contributed by atoms with van der Waals surface area (Å²) >= 11 is 0. The van der Waals surface area contributed by atoms with E-state index in [1.807, 2.05) is 30.5 Å². The Hall–Kier alpha value is -3.62. The first-order valence-corrected chi connectivity index (χ1v) is 10.7. The van der Waals surface area contributed by atoms with Gasteiger partial charge in [0.2, 0.25) is 15.9 Å². The van der Waals surface area contributed by atoms with Crippen LogP contribution in [0.1, 0.15) is 11.3 Å². The van der Waals surface area contributed by atoms with Gasteiger partial charge in [0.25, 0.3) is 0 Å². The van der Waals surface area contributed by atoms with Gasteiger partial charge in [-0.15, -0.1) is 0 Å². The van der Waals surface area contributed by atoms with E-state index in [9.17, 15) is 13.2 Å². The molecule has 3 N–H and O–H groups in total. The van der Waals surface area contributed by atoms with Crippen LogP contribution in [0.2, 0.25) is 0 Å². The van der Waals surface area contributed by atoms with E-state index in [0.717, 1.165) is 10.9 Å². The molecule has 4 rings (SSSR count). The molecule has 2 aromatic heterocycles. The summed E-state index contributed by atoms with van der Waals surface area (Å²) in [6.07, 6.45) is 6.33. The summed E-state index contributed by atoms with van der Waals surface area (Å²) in [6.45, 7) is 0.0745. The second-order valence-electron chi connectivity index (χ2n) is 6.54. The van der Waals surface area contributed by atoms with Gasteiger partial charge in [-0.2, -0.15) is 0 Å². The van der Waals surface area contributed by atoms with Crippen LogP contribution < -0.4 is 10.0 Å². The van der Waals surface area contributed by atoms with Crippen molar-refractivity contribution >= 4 is 38.6 Å². The van der Waals surface area contributed by atoms with Crippen LogP contribution in [0.4, 0.5) is 5.69 Å². The Kier molecular flexibility index (Phi) is 5.51. The first-order valence-electron chi connectivity index (χ1n) is 9.18. The van der Waals surface area contributed by atoms with Crippen LogP contribution in [-0.2, 0) is 21.4 Å². The number of sulfonamides is 1. The average Bonchev–Trinajstić information content (AvgIpc) is 3.43. The minimum absolute atomic E-state index is 0.0745. The summed E-state index contributed by atoms with van der Waals surface area (Å²) < 4.78 is 32.3. The Bertz CT molecular complexity index is 1290. The van der Waals surface area contributed by atoms with Gasteiger partial charge < -0.3 is 14.7 Å². The predicted molar refractivity (Wildman–Crippen MR) is 115 cm³/mol. The van der Waals surface area contributed by atoms with Crippen molar-refractivity contribution in [3.05, 3.63) is 90.5 Å². The zero-order valence-electron chi connectivity index (χ0n) is 15.8. The van der Waals surface area contributed by atoms with E-state index >= 15 is 0 Å². The van der Waals surface area contributed by atoms with E-state index in [-0.39, 0.29) is 17.3 Å². The lowest BCUT2D eigenvalue weighted by atomic mass is 10.2. The Balaban J connectivity index is 1.39. The van der Waals surface area contributed by atoms with Crippen molar-refractivity contribution in [1.82, 2.24) is 9.71 Å². The quantitative estimate of drug-likeness (QED) is 0.394. The van der Waals surface area contributed by atoms with Crippen LogP contribution >= 0.6 is 0 Å². The van der Waals surface area contributed by atoms with Gasteiger partial charge >= 0.3 is 0 Å². The van der Waals surface area contributed by atoms with Crippen molar-refractivity contribution in [2.45, 2.75) is 11.4 Å². The third-order valence-electron chi connectivity index (χ3n) is 4.49. The zero-order valence-corrected chi connectivity index (χ0v) is 16.6. The number of hydrogen-bond acceptors (Lipinski definition) is 4. The fraction of sp³-hybridized carbons (Fsp3) is 0.0455. The topological polar surface area (TPSA) is 104 Å². The number of nitrogens with one attached hydrogen (secondary N) is 3. The fourth-order valence-corrected chi connectivity index (χ4v) is 3.95. The molecule has 4 aromatic rings. The maximum absolute atomic E-state index is 12.4. The molecule has 0 aliphatic heterocycles. The molecule has 8 heteroatoms. The number of fused-ring (bicyclic) bond motifs is 1. The molecule has 152 valence electrons. The first-order chi connectivity index (χ1) is 14.5. The highest BCUT2D eigenvalue weighted by Gasteiger charge is 2.14. The van der Waals surface area contributed by atoms with Crippen LogP contribution in [0.15, 0.2) is 88.5 Å². The molecule has 0 aliphatic carbocycles. The Morgan fingerprint density at radius 3 is 2.63 bits per heavy atom. The molecule has 7 nitrogen and oxygen atoms in total. The maximum Gasteiger partial charge on any atom is 0.248 e. The van der Waals surface area contributed by atoms with Crippen LogP contribution in [0.5, 0.6) is 0 Å². The molecule has 0 spiro atoms. The van der Waals surface area contributed by atoms with Crippen LogP contribution in [-0.4, -0.2) is 19.3 Å². The molecule has 0 saturated heterocycles. The minimum Gasteiger partial charge on any atom is -0.468 e. The smallest absolute Gasteiger partial charge is 0.248 e. The standard InChI is InChI=1S/C22H19N3O4S/c26-22(25-21-5-1-4-20-19(21)12-13-23-20)11-8-16-6-9-18(10-7-16)30(27,28)24-15-17-3-2-14-29-17/h1-14,23-24H,15H2,(H,25,26)/b11-8+. The van der Waals surface area contributed by atoms with E-state index in [2.05, 4.69) is 15.0 Å². The molecule has 1 amide bonds. The van der Waals surface area contributed by atoms with Crippen molar-refractivity contribution in [3.8, 4) is 0 Å². The van der Waals surface area contributed by atoms with Gasteiger partial charge in [-0.25, -0.2) is 13.1 Å². The molecule has 0 saturated carbocycles. The number of H-pyrrole nitrogens is 1. The van der Waals surface area contributed by atoms with Gasteiger partial charge in [-0.1, -0.05) is 18.2 Å². The van der Waals surface area contributed by atoms with Gasteiger partial charge in [0.1, 0.15) is 5.76 Å². The second kappa shape index (κ2) is 8.40.